The van der Waals surface area contributed by atoms with Gasteiger partial charge in [-0.25, -0.2) is 0 Å². The number of hydrogen-bond donors (Lipinski definition) is 1. The third kappa shape index (κ3) is 2.21. The largest absolute Gasteiger partial charge is 0.506 e. The zero-order chi connectivity index (χ0) is 13.4. The summed E-state index contributed by atoms with van der Waals surface area (Å²) in [6.07, 6.45) is 0. The van der Waals surface area contributed by atoms with Crippen LogP contribution in [0.25, 0.3) is 0 Å². The lowest BCUT2D eigenvalue weighted by Gasteiger charge is -2.32. The highest BCUT2D eigenvalue weighted by molar-refractivity contribution is 9.10. The van der Waals surface area contributed by atoms with Crippen LogP contribution in [0.5, 0.6) is 17.2 Å². The Bertz CT molecular complexity index is 631. The Kier molecular flexibility index (Phi) is 3.41. The molecule has 1 heterocycles. The highest BCUT2D eigenvalue weighted by Crippen LogP contribution is 2.51. The fourth-order valence-electron chi connectivity index (χ4n) is 2.23. The molecule has 3 nitrogen and oxygen atoms in total. The second-order valence-corrected chi connectivity index (χ2v) is 5.89. The number of alkyl halides is 1. The van der Waals surface area contributed by atoms with Crippen molar-refractivity contribution in [3.63, 3.8) is 0 Å². The van der Waals surface area contributed by atoms with E-state index >= 15 is 0 Å². The molecule has 98 valence electrons. The molecular weight excluding hydrogens is 374 g/mol. The molecule has 0 saturated carbocycles. The van der Waals surface area contributed by atoms with Crippen LogP contribution >= 0.6 is 31.9 Å². The van der Waals surface area contributed by atoms with E-state index in [-0.39, 0.29) is 5.75 Å². The molecule has 0 bridgehead atoms. The summed E-state index contributed by atoms with van der Waals surface area (Å²) in [6, 6.07) is 11.4. The van der Waals surface area contributed by atoms with Crippen molar-refractivity contribution >= 4 is 43.2 Å². The quantitative estimate of drug-likeness (QED) is 0.755. The predicted octanol–water partition coefficient (Wildman–Crippen LogP) is 4.79. The topological polar surface area (TPSA) is 32.7 Å². The first-order valence-electron chi connectivity index (χ1n) is 5.83. The number of fused-ring (bicyclic) bond motifs is 2. The molecule has 0 saturated heterocycles. The van der Waals surface area contributed by atoms with Gasteiger partial charge in [0, 0.05) is 16.3 Å². The summed E-state index contributed by atoms with van der Waals surface area (Å²) in [5.41, 5.74) is 1.67. The number of phenols is 1. The van der Waals surface area contributed by atoms with E-state index in [1.807, 2.05) is 30.3 Å². The van der Waals surface area contributed by atoms with E-state index < -0.39 is 0 Å². The molecule has 2 aromatic rings. The average molecular weight is 385 g/mol. The van der Waals surface area contributed by atoms with Gasteiger partial charge in [-0.05, 0) is 24.3 Å². The van der Waals surface area contributed by atoms with E-state index in [1.54, 1.807) is 6.07 Å². The van der Waals surface area contributed by atoms with E-state index in [4.69, 9.17) is 4.74 Å². The lowest BCUT2D eigenvalue weighted by molar-refractivity contribution is 0.447. The molecule has 0 aliphatic carbocycles. The van der Waals surface area contributed by atoms with Crippen LogP contribution in [-0.4, -0.2) is 17.0 Å². The second kappa shape index (κ2) is 5.06. The molecule has 0 radical (unpaired) electrons. The van der Waals surface area contributed by atoms with Gasteiger partial charge in [0.15, 0.2) is 11.5 Å². The van der Waals surface area contributed by atoms with Crippen LogP contribution in [0.2, 0.25) is 0 Å². The van der Waals surface area contributed by atoms with Gasteiger partial charge in [-0.15, -0.1) is 0 Å². The average Bonchev–Trinajstić information content (AvgIpc) is 2.38. The van der Waals surface area contributed by atoms with Gasteiger partial charge in [-0.1, -0.05) is 44.0 Å². The summed E-state index contributed by atoms with van der Waals surface area (Å²) < 4.78 is 6.66. The predicted molar refractivity (Wildman–Crippen MR) is 83.1 cm³/mol. The van der Waals surface area contributed by atoms with E-state index in [0.29, 0.717) is 11.4 Å². The van der Waals surface area contributed by atoms with Crippen LogP contribution < -0.4 is 9.64 Å². The van der Waals surface area contributed by atoms with E-state index in [0.717, 1.165) is 27.8 Å². The monoisotopic (exact) mass is 383 g/mol. The maximum Gasteiger partial charge on any atom is 0.156 e. The maximum absolute atomic E-state index is 10.2. The Balaban J connectivity index is 2.20. The molecule has 19 heavy (non-hydrogen) atoms. The number of hydrogen-bond acceptors (Lipinski definition) is 3. The van der Waals surface area contributed by atoms with Crippen molar-refractivity contribution in [1.82, 2.24) is 0 Å². The van der Waals surface area contributed by atoms with Gasteiger partial charge in [0.1, 0.15) is 11.4 Å². The Morgan fingerprint density at radius 3 is 2.74 bits per heavy atom. The molecule has 1 aliphatic rings. The normalized spacial score (nSPS) is 12.6. The smallest absolute Gasteiger partial charge is 0.156 e. The van der Waals surface area contributed by atoms with Gasteiger partial charge >= 0.3 is 0 Å². The minimum atomic E-state index is 0.208. The number of anilines is 2. The third-order valence-corrected chi connectivity index (χ3v) is 3.79. The number of halogens is 2. The van der Waals surface area contributed by atoms with Gasteiger partial charge in [0.25, 0.3) is 0 Å². The number of phenolic OH excluding ortho intramolecular Hbond substituents is 1. The molecule has 0 spiro atoms. The molecule has 3 rings (SSSR count). The van der Waals surface area contributed by atoms with Crippen molar-refractivity contribution < 1.29 is 9.84 Å². The van der Waals surface area contributed by atoms with Crippen molar-refractivity contribution in [2.75, 3.05) is 16.8 Å². The standard InChI is InChI=1S/C14H11Br2NO2/c15-5-6-17-10-3-1-2-4-12(10)19-13-8-9(16)7-11(18)14(13)17/h1-4,7-8,18H,5-6H2. The van der Waals surface area contributed by atoms with Crippen molar-refractivity contribution in [3.05, 3.63) is 40.9 Å². The number of aromatic hydroxyl groups is 1. The summed E-state index contributed by atoms with van der Waals surface area (Å²) in [5.74, 6) is 1.67. The maximum atomic E-state index is 10.2. The summed E-state index contributed by atoms with van der Waals surface area (Å²) >= 11 is 6.83. The lowest BCUT2D eigenvalue weighted by Crippen LogP contribution is -2.23. The number of nitrogens with zero attached hydrogens (tertiary/aromatic N) is 1. The Morgan fingerprint density at radius 1 is 1.16 bits per heavy atom. The Hall–Kier alpha value is -1.20. The van der Waals surface area contributed by atoms with Crippen LogP contribution in [0, 0.1) is 0 Å². The van der Waals surface area contributed by atoms with Crippen LogP contribution in [0.15, 0.2) is 40.9 Å². The first kappa shape index (κ1) is 12.8. The minimum Gasteiger partial charge on any atom is -0.506 e. The molecule has 1 aliphatic heterocycles. The van der Waals surface area contributed by atoms with Crippen LogP contribution in [0.1, 0.15) is 0 Å². The molecule has 0 aromatic heterocycles. The molecule has 0 amide bonds. The van der Waals surface area contributed by atoms with Gasteiger partial charge in [-0.3, -0.25) is 0 Å². The third-order valence-electron chi connectivity index (χ3n) is 2.97. The zero-order valence-corrected chi connectivity index (χ0v) is 13.1. The number of ether oxygens (including phenoxy) is 1. The van der Waals surface area contributed by atoms with Crippen molar-refractivity contribution in [2.45, 2.75) is 0 Å². The molecule has 0 atom stereocenters. The Morgan fingerprint density at radius 2 is 1.95 bits per heavy atom. The van der Waals surface area contributed by atoms with Crippen molar-refractivity contribution in [2.24, 2.45) is 0 Å². The molecule has 0 fully saturated rings. The van der Waals surface area contributed by atoms with Gasteiger partial charge < -0.3 is 14.7 Å². The second-order valence-electron chi connectivity index (χ2n) is 4.18. The molecule has 0 unspecified atom stereocenters. The molecule has 1 N–H and O–H groups in total. The molecule has 2 aromatic carbocycles. The SMILES string of the molecule is Oc1cc(Br)cc2c1N(CCBr)c1ccccc1O2. The summed E-state index contributed by atoms with van der Waals surface area (Å²) in [4.78, 5) is 2.06. The summed E-state index contributed by atoms with van der Waals surface area (Å²) in [5, 5.41) is 11.0. The minimum absolute atomic E-state index is 0.208. The zero-order valence-electron chi connectivity index (χ0n) is 9.94. The Labute approximate surface area is 128 Å². The van der Waals surface area contributed by atoms with Crippen molar-refractivity contribution in [3.8, 4) is 17.2 Å². The van der Waals surface area contributed by atoms with Gasteiger partial charge in [-0.2, -0.15) is 0 Å². The van der Waals surface area contributed by atoms with Crippen LogP contribution in [0.3, 0.4) is 0 Å². The summed E-state index contributed by atoms with van der Waals surface area (Å²) in [6.45, 7) is 0.753. The van der Waals surface area contributed by atoms with Crippen LogP contribution in [0.4, 0.5) is 11.4 Å². The highest BCUT2D eigenvalue weighted by atomic mass is 79.9. The lowest BCUT2D eigenvalue weighted by atomic mass is 10.1. The fraction of sp³-hybridized carbons (Fsp3) is 0.143. The van der Waals surface area contributed by atoms with Crippen molar-refractivity contribution in [1.29, 1.82) is 0 Å². The summed E-state index contributed by atoms with van der Waals surface area (Å²) in [7, 11) is 0. The molecular formula is C14H11Br2NO2. The number of rotatable bonds is 2. The molecule has 5 heteroatoms. The van der Waals surface area contributed by atoms with E-state index in [9.17, 15) is 5.11 Å². The number of benzene rings is 2. The van der Waals surface area contributed by atoms with E-state index in [2.05, 4.69) is 36.8 Å². The highest BCUT2D eigenvalue weighted by Gasteiger charge is 2.26. The van der Waals surface area contributed by atoms with Gasteiger partial charge in [0.2, 0.25) is 0 Å². The first-order valence-corrected chi connectivity index (χ1v) is 7.75. The van der Waals surface area contributed by atoms with E-state index in [1.165, 1.54) is 0 Å². The fourth-order valence-corrected chi connectivity index (χ4v) is 3.01. The van der Waals surface area contributed by atoms with Gasteiger partial charge in [0.05, 0.1) is 5.69 Å². The first-order chi connectivity index (χ1) is 9.20. The number of para-hydroxylation sites is 2. The van der Waals surface area contributed by atoms with Crippen LogP contribution in [-0.2, 0) is 0 Å².